The third-order valence-corrected chi connectivity index (χ3v) is 4.30. The fourth-order valence-corrected chi connectivity index (χ4v) is 2.93. The predicted molar refractivity (Wildman–Crippen MR) is 91.7 cm³/mol. The number of fused-ring (bicyclic) bond motifs is 1. The molecule has 0 unspecified atom stereocenters. The first-order valence-corrected chi connectivity index (χ1v) is 8.30. The molecule has 0 bridgehead atoms. The van der Waals surface area contributed by atoms with Crippen molar-refractivity contribution in [1.29, 1.82) is 0 Å². The first-order valence-electron chi connectivity index (χ1n) is 8.30. The number of benzene rings is 1. The van der Waals surface area contributed by atoms with E-state index in [1.165, 1.54) is 0 Å². The number of nitrogens with zero attached hydrogens (tertiary/aromatic N) is 2. The van der Waals surface area contributed by atoms with E-state index in [1.54, 1.807) is 19.3 Å². The normalized spacial score (nSPS) is 18.5. The molecule has 0 N–H and O–H groups in total. The molecule has 2 heterocycles. The van der Waals surface area contributed by atoms with Crippen LogP contribution < -0.4 is 14.2 Å². The summed E-state index contributed by atoms with van der Waals surface area (Å²) in [5.41, 5.74) is 0.858. The minimum Gasteiger partial charge on any atom is -0.493 e. The van der Waals surface area contributed by atoms with E-state index in [4.69, 9.17) is 14.2 Å². The Labute approximate surface area is 142 Å². The molecule has 1 saturated heterocycles. The van der Waals surface area contributed by atoms with Gasteiger partial charge in [-0.15, -0.1) is 0 Å². The van der Waals surface area contributed by atoms with Crippen LogP contribution in [0.1, 0.15) is 12.0 Å². The molecule has 0 atom stereocenters. The van der Waals surface area contributed by atoms with Gasteiger partial charge in [-0.05, 0) is 43.8 Å². The highest BCUT2D eigenvalue weighted by molar-refractivity contribution is 5.92. The number of carbonyl (C=O) groups excluding carboxylic acids is 1. The van der Waals surface area contributed by atoms with Gasteiger partial charge < -0.3 is 24.0 Å². The van der Waals surface area contributed by atoms with Gasteiger partial charge in [0.05, 0.1) is 7.11 Å². The number of amides is 1. The molecule has 6 heteroatoms. The summed E-state index contributed by atoms with van der Waals surface area (Å²) >= 11 is 0. The molecular weight excluding hydrogens is 308 g/mol. The molecule has 130 valence electrons. The van der Waals surface area contributed by atoms with Crippen LogP contribution in [0.2, 0.25) is 0 Å². The van der Waals surface area contributed by atoms with Gasteiger partial charge in [0.1, 0.15) is 13.2 Å². The number of hydrogen-bond donors (Lipinski definition) is 0. The van der Waals surface area contributed by atoms with Crippen LogP contribution in [0.3, 0.4) is 0 Å². The molecule has 0 spiro atoms. The van der Waals surface area contributed by atoms with Gasteiger partial charge in [0.25, 0.3) is 0 Å². The van der Waals surface area contributed by atoms with Crippen LogP contribution in [-0.2, 0) is 4.79 Å². The molecule has 6 nitrogen and oxygen atoms in total. The van der Waals surface area contributed by atoms with Crippen molar-refractivity contribution in [2.45, 2.75) is 6.42 Å². The van der Waals surface area contributed by atoms with E-state index < -0.39 is 0 Å². The van der Waals surface area contributed by atoms with Crippen molar-refractivity contribution < 1.29 is 19.0 Å². The summed E-state index contributed by atoms with van der Waals surface area (Å²) in [7, 11) is 3.69. The van der Waals surface area contributed by atoms with Gasteiger partial charge in [0.15, 0.2) is 11.5 Å². The summed E-state index contributed by atoms with van der Waals surface area (Å²) in [5, 5.41) is 0. The van der Waals surface area contributed by atoms with Crippen molar-refractivity contribution in [1.82, 2.24) is 9.80 Å². The van der Waals surface area contributed by atoms with E-state index in [0.29, 0.717) is 30.5 Å². The van der Waals surface area contributed by atoms with E-state index in [2.05, 4.69) is 11.9 Å². The van der Waals surface area contributed by atoms with E-state index in [1.807, 2.05) is 17.0 Å². The molecule has 0 saturated carbocycles. The Hall–Kier alpha value is -2.21. The Balaban J connectivity index is 1.72. The SMILES string of the molecule is COc1cc(/C=C/C(=O)N2CCCN(C)CC2)cc2c1OCCO2. The van der Waals surface area contributed by atoms with E-state index in [-0.39, 0.29) is 5.91 Å². The molecule has 1 amide bonds. The first-order chi connectivity index (χ1) is 11.7. The van der Waals surface area contributed by atoms with Crippen molar-refractivity contribution in [2.75, 3.05) is 53.6 Å². The number of likely N-dealkylation sites (N-methyl/N-ethyl adjacent to an activating group) is 1. The van der Waals surface area contributed by atoms with Crippen molar-refractivity contribution >= 4 is 12.0 Å². The fourth-order valence-electron chi connectivity index (χ4n) is 2.93. The topological polar surface area (TPSA) is 51.2 Å². The van der Waals surface area contributed by atoms with Gasteiger partial charge in [0.2, 0.25) is 11.7 Å². The van der Waals surface area contributed by atoms with Crippen LogP contribution in [0.4, 0.5) is 0 Å². The molecule has 2 aliphatic heterocycles. The van der Waals surface area contributed by atoms with E-state index >= 15 is 0 Å². The number of ether oxygens (including phenoxy) is 3. The molecule has 1 fully saturated rings. The Morgan fingerprint density at radius 2 is 2.00 bits per heavy atom. The minimum atomic E-state index is 0.0409. The maximum atomic E-state index is 12.4. The van der Waals surface area contributed by atoms with Crippen LogP contribution >= 0.6 is 0 Å². The van der Waals surface area contributed by atoms with Crippen LogP contribution in [0.25, 0.3) is 6.08 Å². The summed E-state index contributed by atoms with van der Waals surface area (Å²) in [5.74, 6) is 1.95. The van der Waals surface area contributed by atoms with Gasteiger partial charge in [-0.25, -0.2) is 0 Å². The zero-order valence-electron chi connectivity index (χ0n) is 14.3. The molecule has 1 aromatic carbocycles. The highest BCUT2D eigenvalue weighted by Crippen LogP contribution is 2.40. The Morgan fingerprint density at radius 3 is 2.83 bits per heavy atom. The lowest BCUT2D eigenvalue weighted by Gasteiger charge is -2.21. The van der Waals surface area contributed by atoms with Crippen molar-refractivity contribution in [3.63, 3.8) is 0 Å². The van der Waals surface area contributed by atoms with Crippen LogP contribution in [0.5, 0.6) is 17.2 Å². The third-order valence-electron chi connectivity index (χ3n) is 4.30. The van der Waals surface area contributed by atoms with Crippen molar-refractivity contribution in [3.8, 4) is 17.2 Å². The molecule has 2 aliphatic rings. The lowest BCUT2D eigenvalue weighted by atomic mass is 10.1. The smallest absolute Gasteiger partial charge is 0.246 e. The second-order valence-corrected chi connectivity index (χ2v) is 6.06. The van der Waals surface area contributed by atoms with Gasteiger partial charge in [0, 0.05) is 25.7 Å². The Kier molecular flexibility index (Phi) is 5.25. The molecule has 0 radical (unpaired) electrons. The Bertz CT molecular complexity index is 612. The van der Waals surface area contributed by atoms with E-state index in [0.717, 1.165) is 38.2 Å². The zero-order chi connectivity index (χ0) is 16.9. The number of carbonyl (C=O) groups is 1. The second-order valence-electron chi connectivity index (χ2n) is 6.06. The summed E-state index contributed by atoms with van der Waals surface area (Å²) in [6.45, 7) is 4.55. The van der Waals surface area contributed by atoms with Crippen molar-refractivity contribution in [3.05, 3.63) is 23.8 Å². The summed E-state index contributed by atoms with van der Waals surface area (Å²) in [6.07, 6.45) is 4.43. The lowest BCUT2D eigenvalue weighted by molar-refractivity contribution is -0.125. The third kappa shape index (κ3) is 3.82. The van der Waals surface area contributed by atoms with Gasteiger partial charge in [-0.1, -0.05) is 0 Å². The second kappa shape index (κ2) is 7.57. The van der Waals surface area contributed by atoms with Gasteiger partial charge in [-0.3, -0.25) is 4.79 Å². The Morgan fingerprint density at radius 1 is 1.17 bits per heavy atom. The quantitative estimate of drug-likeness (QED) is 0.788. The standard InChI is InChI=1S/C18H24N2O4/c1-19-6-3-7-20(9-8-19)17(21)5-4-14-12-15(22-2)18-16(13-14)23-10-11-24-18/h4-5,12-13H,3,6-11H2,1-2H3/b5-4+. The largest absolute Gasteiger partial charge is 0.493 e. The minimum absolute atomic E-state index is 0.0409. The van der Waals surface area contributed by atoms with Crippen LogP contribution in [0.15, 0.2) is 18.2 Å². The van der Waals surface area contributed by atoms with Crippen LogP contribution in [0, 0.1) is 0 Å². The molecule has 0 aliphatic carbocycles. The highest BCUT2D eigenvalue weighted by atomic mass is 16.6. The maximum absolute atomic E-state index is 12.4. The summed E-state index contributed by atoms with van der Waals surface area (Å²) < 4.78 is 16.6. The first kappa shape index (κ1) is 16.6. The molecule has 24 heavy (non-hydrogen) atoms. The molecule has 0 aromatic heterocycles. The van der Waals surface area contributed by atoms with Gasteiger partial charge in [-0.2, -0.15) is 0 Å². The van der Waals surface area contributed by atoms with Crippen LogP contribution in [-0.4, -0.2) is 69.3 Å². The van der Waals surface area contributed by atoms with Gasteiger partial charge >= 0.3 is 0 Å². The maximum Gasteiger partial charge on any atom is 0.246 e. The summed E-state index contributed by atoms with van der Waals surface area (Å²) in [6, 6.07) is 3.73. The summed E-state index contributed by atoms with van der Waals surface area (Å²) in [4.78, 5) is 16.6. The zero-order valence-corrected chi connectivity index (χ0v) is 14.3. The molecule has 3 rings (SSSR count). The molecular formula is C18H24N2O4. The van der Waals surface area contributed by atoms with Crippen molar-refractivity contribution in [2.24, 2.45) is 0 Å². The number of hydrogen-bond acceptors (Lipinski definition) is 5. The number of methoxy groups -OCH3 is 1. The highest BCUT2D eigenvalue weighted by Gasteiger charge is 2.18. The average Bonchev–Trinajstić information content (AvgIpc) is 2.83. The lowest BCUT2D eigenvalue weighted by Crippen LogP contribution is -2.33. The average molecular weight is 332 g/mol. The monoisotopic (exact) mass is 332 g/mol. The van der Waals surface area contributed by atoms with E-state index in [9.17, 15) is 4.79 Å². The predicted octanol–water partition coefficient (Wildman–Crippen LogP) is 1.64. The molecule has 1 aromatic rings. The number of rotatable bonds is 3. The fraction of sp³-hybridized carbons (Fsp3) is 0.500.